The zero-order chi connectivity index (χ0) is 59.4. The molecule has 0 aromatic heterocycles. The molecule has 4 heterocycles. The number of halogens is 2. The van der Waals surface area contributed by atoms with Crippen LogP contribution in [-0.2, 0) is 54.3 Å². The lowest BCUT2D eigenvalue weighted by Gasteiger charge is -2.32. The molecule has 80 heavy (non-hydrogen) atoms. The molecule has 0 spiro atoms. The second-order valence-corrected chi connectivity index (χ2v) is 23.6. The molecule has 19 nitrogen and oxygen atoms in total. The van der Waals surface area contributed by atoms with Gasteiger partial charge >= 0.3 is 44.9 Å². The van der Waals surface area contributed by atoms with Crippen molar-refractivity contribution < 1.29 is 66.8 Å². The van der Waals surface area contributed by atoms with Gasteiger partial charge in [0.05, 0.1) is 82.1 Å². The van der Waals surface area contributed by atoms with Crippen molar-refractivity contribution >= 4 is 99.5 Å². The fourth-order valence-corrected chi connectivity index (χ4v) is 9.93. The van der Waals surface area contributed by atoms with Crippen molar-refractivity contribution in [3.63, 3.8) is 0 Å². The minimum atomic E-state index is -0.998. The van der Waals surface area contributed by atoms with Gasteiger partial charge in [0.15, 0.2) is 5.54 Å². The fourth-order valence-electron chi connectivity index (χ4n) is 9.07. The molecule has 2 amide bonds. The monoisotopic (exact) mass is 1230 g/mol. The van der Waals surface area contributed by atoms with Gasteiger partial charge in [-0.25, -0.2) is 24.9 Å². The summed E-state index contributed by atoms with van der Waals surface area (Å²) in [5, 5.41) is 36.7. The number of rotatable bonds is 8. The highest BCUT2D eigenvalue weighted by molar-refractivity contribution is 9.08. The number of alkyl halides is 1. The molecule has 9 rings (SSSR count). The molecule has 2 saturated carbocycles. The first-order valence-electron chi connectivity index (χ1n) is 26.6. The van der Waals surface area contributed by atoms with Crippen LogP contribution in [0, 0.1) is 24.8 Å². The number of methoxy groups -OCH3 is 2. The van der Waals surface area contributed by atoms with Crippen LogP contribution >= 0.6 is 32.1 Å². The van der Waals surface area contributed by atoms with E-state index in [2.05, 4.69) is 53.2 Å². The van der Waals surface area contributed by atoms with E-state index in [4.69, 9.17) is 44.4 Å². The third-order valence-electron chi connectivity index (χ3n) is 15.7. The number of azo groups is 1. The van der Waals surface area contributed by atoms with Crippen molar-refractivity contribution in [3.8, 4) is 6.07 Å². The minimum Gasteiger partial charge on any atom is -0.478 e. The van der Waals surface area contributed by atoms with Gasteiger partial charge in [0, 0.05) is 31.0 Å². The van der Waals surface area contributed by atoms with Crippen LogP contribution in [-0.4, -0.2) is 113 Å². The second-order valence-electron chi connectivity index (χ2n) is 22.3. The van der Waals surface area contributed by atoms with Gasteiger partial charge in [0.1, 0.15) is 0 Å². The summed E-state index contributed by atoms with van der Waals surface area (Å²) in [5.41, 5.74) is 3.43. The highest BCUT2D eigenvalue weighted by Crippen LogP contribution is 2.39. The van der Waals surface area contributed by atoms with Crippen molar-refractivity contribution in [1.29, 1.82) is 5.26 Å². The predicted molar refractivity (Wildman–Crippen MR) is 309 cm³/mol. The number of carbonyl (C=O) groups is 5. The standard InChI is InChI=1S/C15H20BBrO4.C15H21BO4.C14H20N4.C8H7BO4.C4H4BrNO2/c1-14(2)15(3,4)21-16(20-14)12-8-10(13(18)19-5)6-7-11(12)9-17;1-10-7-8-11(13(17)18-6)9-12(10)16-19-14(2,3)15(4,5)20-16;1-16-14(10-6-3-7-11-14)18-17-13(12-15)8-4-2-5-9-13;10-8(11)5-1-2-6-4-13-9(12)7(6)3-5;5-6-3(7)1-2-4(6)8/h6-8H,9H2,1-5H3;7-9H,1-6H3;2-11H2;1-3,12H,4H2,(H,10,11);1-2H2. The molecule has 4 aliphatic heterocycles. The molecule has 0 unspecified atom stereocenters. The number of carbonyl (C=O) groups excluding carboxylic acids is 4. The lowest BCUT2D eigenvalue weighted by atomic mass is 9.75. The average Bonchev–Trinajstić information content (AvgIpc) is 4.29. The van der Waals surface area contributed by atoms with Gasteiger partial charge in [-0.15, -0.1) is 5.11 Å². The summed E-state index contributed by atoms with van der Waals surface area (Å²) in [4.78, 5) is 58.5. The van der Waals surface area contributed by atoms with E-state index < -0.39 is 60.9 Å². The highest BCUT2D eigenvalue weighted by atomic mass is 79.9. The molecule has 5 fully saturated rings. The highest BCUT2D eigenvalue weighted by Gasteiger charge is 2.53. The molecular formula is C56H72B3Br2N5O14. The maximum atomic E-state index is 11.7. The molecule has 2 aliphatic carbocycles. The van der Waals surface area contributed by atoms with Crippen LogP contribution in [0.2, 0.25) is 0 Å². The summed E-state index contributed by atoms with van der Waals surface area (Å²) in [6.45, 7) is 25.7. The number of esters is 2. The van der Waals surface area contributed by atoms with E-state index in [-0.39, 0.29) is 29.3 Å². The Bertz CT molecular complexity index is 2780. The Balaban J connectivity index is 0.000000189. The first-order chi connectivity index (χ1) is 37.5. The maximum Gasteiger partial charge on any atom is 0.495 e. The first-order valence-corrected chi connectivity index (χ1v) is 28.5. The van der Waals surface area contributed by atoms with Gasteiger partial charge in [-0.05, 0) is 165 Å². The van der Waals surface area contributed by atoms with Gasteiger partial charge in [-0.2, -0.15) is 10.4 Å². The third kappa shape index (κ3) is 16.0. The number of nitrogens with zero attached hydrogens (tertiary/aromatic N) is 5. The van der Waals surface area contributed by atoms with Crippen molar-refractivity contribution in [2.75, 3.05) is 14.2 Å². The van der Waals surface area contributed by atoms with Crippen LogP contribution in [0.25, 0.3) is 4.85 Å². The lowest BCUT2D eigenvalue weighted by molar-refractivity contribution is -0.131. The molecular weight excluding hydrogens is 1160 g/mol. The number of aromatic carboxylic acids is 1. The number of nitriles is 1. The number of imide groups is 1. The maximum absolute atomic E-state index is 11.7. The molecule has 0 atom stereocenters. The Morgan fingerprint density at radius 2 is 1.16 bits per heavy atom. The van der Waals surface area contributed by atoms with Crippen LogP contribution < -0.4 is 16.4 Å². The zero-order valence-corrected chi connectivity index (χ0v) is 50.8. The molecule has 3 aromatic carbocycles. The van der Waals surface area contributed by atoms with Gasteiger partial charge < -0.3 is 42.9 Å². The Kier molecular flexibility index (Phi) is 22.6. The van der Waals surface area contributed by atoms with E-state index in [1.807, 2.05) is 74.4 Å². The molecule has 428 valence electrons. The molecule has 3 saturated heterocycles. The fraction of sp³-hybridized carbons (Fsp3) is 0.554. The van der Waals surface area contributed by atoms with E-state index in [1.54, 1.807) is 30.3 Å². The Morgan fingerprint density at radius 3 is 1.60 bits per heavy atom. The van der Waals surface area contributed by atoms with E-state index >= 15 is 0 Å². The van der Waals surface area contributed by atoms with E-state index in [0.717, 1.165) is 82.9 Å². The van der Waals surface area contributed by atoms with E-state index in [1.165, 1.54) is 39.2 Å². The molecule has 0 radical (unpaired) electrons. The van der Waals surface area contributed by atoms with E-state index in [0.29, 0.717) is 41.4 Å². The lowest BCUT2D eigenvalue weighted by Crippen LogP contribution is -2.41. The van der Waals surface area contributed by atoms with Crippen molar-refractivity contribution in [2.24, 2.45) is 10.2 Å². The Morgan fingerprint density at radius 1 is 0.713 bits per heavy atom. The van der Waals surface area contributed by atoms with Crippen LogP contribution in [0.1, 0.15) is 180 Å². The number of carboxylic acid groups (broad SMARTS) is 1. The SMILES string of the molecule is COC(=O)c1ccc(C)c(B2OC(C)(C)C(C)(C)O2)c1.COC(=O)c1ccc(CBr)c(B2OC(C)(C)C(C)(C)O2)c1.O=C(O)c1ccc2c(c1)B(O)OC2.O=C1CCC(=O)N1Br.[C-]#[N+]C1(N=NC2(C#N)CCCCC2)CCCCC1. The predicted octanol–water partition coefficient (Wildman–Crippen LogP) is 9.04. The van der Waals surface area contributed by atoms with Crippen molar-refractivity contribution in [1.82, 2.24) is 3.93 Å². The number of hydrogen-bond acceptors (Lipinski definition) is 16. The number of benzene rings is 3. The summed E-state index contributed by atoms with van der Waals surface area (Å²) >= 11 is 6.27. The summed E-state index contributed by atoms with van der Waals surface area (Å²) in [6.07, 6.45) is 10.5. The molecule has 3 aromatic rings. The van der Waals surface area contributed by atoms with Crippen LogP contribution in [0.3, 0.4) is 0 Å². The quantitative estimate of drug-likeness (QED) is 0.0406. The van der Waals surface area contributed by atoms with Gasteiger partial charge in [0.2, 0.25) is 11.8 Å². The number of hydrogen-bond donors (Lipinski definition) is 2. The summed E-state index contributed by atoms with van der Waals surface area (Å²) in [7, 11) is 0.803. The number of carboxylic acids is 1. The van der Waals surface area contributed by atoms with Gasteiger partial charge in [-0.3, -0.25) is 14.4 Å². The molecule has 0 bridgehead atoms. The average molecular weight is 1230 g/mol. The van der Waals surface area contributed by atoms with Crippen LogP contribution in [0.4, 0.5) is 0 Å². The zero-order valence-electron chi connectivity index (χ0n) is 47.6. The van der Waals surface area contributed by atoms with E-state index in [9.17, 15) is 34.3 Å². The largest absolute Gasteiger partial charge is 0.495 e. The number of ether oxygens (including phenoxy) is 2. The van der Waals surface area contributed by atoms with Gasteiger partial charge in [-0.1, -0.05) is 52.5 Å². The summed E-state index contributed by atoms with van der Waals surface area (Å²) < 4.78 is 39.6. The number of amides is 2. The van der Waals surface area contributed by atoms with Crippen molar-refractivity contribution in [2.45, 2.75) is 185 Å². The first kappa shape index (κ1) is 65.5. The molecule has 24 heteroatoms. The number of fused-ring (bicyclic) bond motifs is 1. The third-order valence-corrected chi connectivity index (χ3v) is 17.0. The molecule has 2 N–H and O–H groups in total. The van der Waals surface area contributed by atoms with Crippen LogP contribution in [0.5, 0.6) is 0 Å². The second kappa shape index (κ2) is 27.6. The summed E-state index contributed by atoms with van der Waals surface area (Å²) in [5.74, 6) is -2.01. The van der Waals surface area contributed by atoms with Crippen molar-refractivity contribution in [3.05, 3.63) is 99.4 Å². The minimum absolute atomic E-state index is 0.144. The smallest absolute Gasteiger partial charge is 0.478 e. The normalized spacial score (nSPS) is 20.4. The Labute approximate surface area is 487 Å². The summed E-state index contributed by atoms with van der Waals surface area (Å²) in [6, 6.07) is 17.8. The topological polar surface area (TPSA) is 247 Å². The Hall–Kier alpha value is -5.30. The van der Waals surface area contributed by atoms with Crippen LogP contribution in [0.15, 0.2) is 64.8 Å². The molecule has 6 aliphatic rings. The number of aryl methyl sites for hydroxylation is 1. The van der Waals surface area contributed by atoms with Gasteiger partial charge in [0.25, 0.3) is 0 Å².